The Kier molecular flexibility index (Phi) is 6.79. The minimum Gasteiger partial charge on any atom is -0.339 e. The van der Waals surface area contributed by atoms with E-state index in [4.69, 9.17) is 0 Å². The molecule has 1 saturated heterocycles. The number of aryl methyl sites for hydroxylation is 1. The Labute approximate surface area is 197 Å². The zero-order valence-corrected chi connectivity index (χ0v) is 19.3. The molecule has 0 unspecified atom stereocenters. The lowest BCUT2D eigenvalue weighted by Crippen LogP contribution is -2.44. The lowest BCUT2D eigenvalue weighted by molar-refractivity contribution is 0.0663. The molecule has 0 spiro atoms. The van der Waals surface area contributed by atoms with Crippen LogP contribution in [0.15, 0.2) is 60.8 Å². The molecule has 2 amide bonds. The average Bonchev–Trinajstić information content (AvgIpc) is 2.84. The maximum atomic E-state index is 12.9. The van der Waals surface area contributed by atoms with Crippen molar-refractivity contribution >= 4 is 17.5 Å². The highest BCUT2D eigenvalue weighted by Crippen LogP contribution is 2.21. The van der Waals surface area contributed by atoms with E-state index < -0.39 is 0 Å². The normalized spacial score (nSPS) is 14.4. The highest BCUT2D eigenvalue weighted by atomic mass is 16.2. The van der Waals surface area contributed by atoms with E-state index in [1.54, 1.807) is 13.1 Å². The van der Waals surface area contributed by atoms with Crippen LogP contribution in [0.5, 0.6) is 0 Å². The summed E-state index contributed by atoms with van der Waals surface area (Å²) in [4.78, 5) is 38.7. The van der Waals surface area contributed by atoms with Crippen LogP contribution in [0.3, 0.4) is 0 Å². The molecular weight excluding hydrogens is 414 g/mol. The number of amides is 2. The van der Waals surface area contributed by atoms with Crippen LogP contribution in [-0.4, -0.2) is 64.8 Å². The van der Waals surface area contributed by atoms with Gasteiger partial charge in [-0.1, -0.05) is 30.3 Å². The molecule has 1 aromatic heterocycles. The lowest BCUT2D eigenvalue weighted by Gasteiger charge is -2.35. The van der Waals surface area contributed by atoms with E-state index in [9.17, 15) is 9.59 Å². The molecule has 7 heteroatoms. The quantitative estimate of drug-likeness (QED) is 0.629. The molecule has 4 rings (SSSR count). The third-order valence-electron chi connectivity index (χ3n) is 6.11. The number of carbonyl (C=O) groups excluding carboxylic acids is 2. The van der Waals surface area contributed by atoms with Crippen LogP contribution in [0.2, 0.25) is 0 Å². The Balaban J connectivity index is 0.00000216. The summed E-state index contributed by atoms with van der Waals surface area (Å²) >= 11 is 0. The minimum absolute atomic E-state index is 0. The molecule has 3 aromatic rings. The number of nitrogens with one attached hydrogen (secondary N) is 1. The summed E-state index contributed by atoms with van der Waals surface area (Å²) in [6.07, 6.45) is 3.63. The van der Waals surface area contributed by atoms with Crippen molar-refractivity contribution in [2.24, 2.45) is 0 Å². The first-order valence-corrected chi connectivity index (χ1v) is 11.2. The number of likely N-dealkylation sites (tertiary alicyclic amines) is 1. The molecule has 1 aliphatic heterocycles. The van der Waals surface area contributed by atoms with Crippen LogP contribution in [0, 0.1) is 6.92 Å². The predicted molar refractivity (Wildman–Crippen MR) is 133 cm³/mol. The second-order valence-corrected chi connectivity index (χ2v) is 8.57. The van der Waals surface area contributed by atoms with Crippen molar-refractivity contribution in [2.45, 2.75) is 25.8 Å². The maximum Gasteiger partial charge on any atom is 0.276 e. The van der Waals surface area contributed by atoms with Gasteiger partial charge in [-0.25, -0.2) is 4.98 Å². The fraction of sp³-hybridized carbons (Fsp3) is 0.308. The van der Waals surface area contributed by atoms with E-state index in [0.717, 1.165) is 31.5 Å². The van der Waals surface area contributed by atoms with Gasteiger partial charge in [-0.15, -0.1) is 0 Å². The second kappa shape index (κ2) is 9.92. The molecule has 1 aliphatic rings. The lowest BCUT2D eigenvalue weighted by atomic mass is 10.0. The minimum atomic E-state index is -0.305. The van der Waals surface area contributed by atoms with Crippen molar-refractivity contribution in [2.75, 3.05) is 32.5 Å². The van der Waals surface area contributed by atoms with Crippen LogP contribution in [0.1, 0.15) is 42.2 Å². The first-order valence-electron chi connectivity index (χ1n) is 11.2. The molecule has 2 heterocycles. The van der Waals surface area contributed by atoms with Gasteiger partial charge in [0.1, 0.15) is 5.69 Å². The van der Waals surface area contributed by atoms with Gasteiger partial charge in [0, 0.05) is 38.8 Å². The van der Waals surface area contributed by atoms with Crippen LogP contribution in [-0.2, 0) is 0 Å². The number of hydrogen-bond acceptors (Lipinski definition) is 5. The van der Waals surface area contributed by atoms with Crippen molar-refractivity contribution in [3.8, 4) is 11.3 Å². The van der Waals surface area contributed by atoms with Crippen molar-refractivity contribution in [1.82, 2.24) is 19.8 Å². The SMILES string of the molecule is Cc1ncc(-c2ccc(C(=O)N3CCC(N(C)C)CC3)cc2)nc1C(=O)Nc1ccccc1.[HH].[HH]. The number of rotatable bonds is 5. The Hall–Kier alpha value is -3.58. The van der Waals surface area contributed by atoms with Gasteiger partial charge < -0.3 is 15.1 Å². The van der Waals surface area contributed by atoms with Crippen molar-refractivity contribution in [1.29, 1.82) is 0 Å². The third-order valence-corrected chi connectivity index (χ3v) is 6.11. The monoisotopic (exact) mass is 447 g/mol. The molecule has 2 aromatic carbocycles. The van der Waals surface area contributed by atoms with E-state index in [-0.39, 0.29) is 20.4 Å². The fourth-order valence-electron chi connectivity index (χ4n) is 4.07. The van der Waals surface area contributed by atoms with Gasteiger partial charge in [0.2, 0.25) is 0 Å². The van der Waals surface area contributed by atoms with Gasteiger partial charge in [-0.05, 0) is 58.1 Å². The summed E-state index contributed by atoms with van der Waals surface area (Å²) in [6.45, 7) is 3.30. The van der Waals surface area contributed by atoms with Gasteiger partial charge in [-0.3, -0.25) is 14.6 Å². The molecule has 0 saturated carbocycles. The Bertz CT molecular complexity index is 1130. The third kappa shape index (κ3) is 5.26. The van der Waals surface area contributed by atoms with Crippen LogP contribution < -0.4 is 5.32 Å². The Morgan fingerprint density at radius 2 is 1.70 bits per heavy atom. The molecule has 0 atom stereocenters. The van der Waals surface area contributed by atoms with Gasteiger partial charge in [0.15, 0.2) is 0 Å². The number of piperidine rings is 1. The van der Waals surface area contributed by atoms with E-state index >= 15 is 0 Å². The predicted octanol–water partition coefficient (Wildman–Crippen LogP) is 4.36. The standard InChI is InChI=1S/C26H29N5O2.2H2/c1-18-24(25(32)28-21-7-5-4-6-8-21)29-23(17-27-18)19-9-11-20(12-10-19)26(33)31-15-13-22(14-16-31)30(2)3;;/h4-12,17,22H,13-16H2,1-3H3,(H,28,32);2*1H. The highest BCUT2D eigenvalue weighted by Gasteiger charge is 2.24. The molecule has 0 aliphatic carbocycles. The van der Waals surface area contributed by atoms with Gasteiger partial charge >= 0.3 is 0 Å². The molecule has 0 bridgehead atoms. The van der Waals surface area contributed by atoms with Gasteiger partial charge in [0.25, 0.3) is 11.8 Å². The molecule has 174 valence electrons. The van der Waals surface area contributed by atoms with Gasteiger partial charge in [-0.2, -0.15) is 0 Å². The topological polar surface area (TPSA) is 78.4 Å². The van der Waals surface area contributed by atoms with Crippen molar-refractivity contribution < 1.29 is 12.4 Å². The Morgan fingerprint density at radius 1 is 1.03 bits per heavy atom. The smallest absolute Gasteiger partial charge is 0.276 e. The summed E-state index contributed by atoms with van der Waals surface area (Å²) in [5.74, 6) is -0.252. The average molecular weight is 448 g/mol. The molecule has 7 nitrogen and oxygen atoms in total. The van der Waals surface area contributed by atoms with Crippen LogP contribution >= 0.6 is 0 Å². The molecule has 33 heavy (non-hydrogen) atoms. The van der Waals surface area contributed by atoms with Crippen molar-refractivity contribution in [3.05, 3.63) is 77.7 Å². The molecule has 1 N–H and O–H groups in total. The number of benzene rings is 2. The maximum absolute atomic E-state index is 12.9. The summed E-state index contributed by atoms with van der Waals surface area (Å²) in [6, 6.07) is 17.1. The number of nitrogens with zero attached hydrogens (tertiary/aromatic N) is 4. The summed E-state index contributed by atoms with van der Waals surface area (Å²) in [7, 11) is 4.18. The first-order chi connectivity index (χ1) is 15.9. The first kappa shape index (κ1) is 22.6. The summed E-state index contributed by atoms with van der Waals surface area (Å²) in [5.41, 5.74) is 3.58. The number of aromatic nitrogens is 2. The van der Waals surface area contributed by atoms with Crippen LogP contribution in [0.25, 0.3) is 11.3 Å². The highest BCUT2D eigenvalue weighted by molar-refractivity contribution is 6.03. The second-order valence-electron chi connectivity index (χ2n) is 8.57. The van der Waals surface area contributed by atoms with Gasteiger partial charge in [0.05, 0.1) is 17.6 Å². The summed E-state index contributed by atoms with van der Waals surface area (Å²) in [5, 5.41) is 2.85. The van der Waals surface area contributed by atoms with E-state index in [1.165, 1.54) is 0 Å². The number of para-hydroxylation sites is 1. The molecule has 1 fully saturated rings. The van der Waals surface area contributed by atoms with E-state index in [2.05, 4.69) is 34.3 Å². The molecular formula is C26H33N5O2. The number of anilines is 1. The van der Waals surface area contributed by atoms with E-state index in [0.29, 0.717) is 28.7 Å². The van der Waals surface area contributed by atoms with E-state index in [1.807, 2.05) is 59.5 Å². The van der Waals surface area contributed by atoms with Crippen LogP contribution in [0.4, 0.5) is 5.69 Å². The number of carbonyl (C=O) groups is 2. The zero-order chi connectivity index (χ0) is 23.4. The molecule has 0 radical (unpaired) electrons. The zero-order valence-electron chi connectivity index (χ0n) is 19.3. The van der Waals surface area contributed by atoms with Crippen molar-refractivity contribution in [3.63, 3.8) is 0 Å². The summed E-state index contributed by atoms with van der Waals surface area (Å²) < 4.78 is 0. The fourth-order valence-corrected chi connectivity index (χ4v) is 4.07. The largest absolute Gasteiger partial charge is 0.339 e. The Morgan fingerprint density at radius 3 is 2.33 bits per heavy atom. The number of hydrogen-bond donors (Lipinski definition) is 1.